The summed E-state index contributed by atoms with van der Waals surface area (Å²) in [6.07, 6.45) is -0.467. The Bertz CT molecular complexity index is 269. The standard InChI is InChI=1S/C8H10O.C3H6O3/c9-7-6-8-4-2-1-3-5-8;1-2(4)3(5)6/h1-5,9H,6-7H2;2,4H,1H3,(H,5,6). The van der Waals surface area contributed by atoms with Gasteiger partial charge in [0.05, 0.1) is 0 Å². The first-order valence-corrected chi connectivity index (χ1v) is 4.63. The molecule has 0 aliphatic heterocycles. The smallest absolute Gasteiger partial charge is 0.332 e. The van der Waals surface area contributed by atoms with Crippen LogP contribution in [0.5, 0.6) is 0 Å². The number of hydrogen-bond donors (Lipinski definition) is 3. The number of hydrogen-bond acceptors (Lipinski definition) is 3. The summed E-state index contributed by atoms with van der Waals surface area (Å²) < 4.78 is 0. The zero-order chi connectivity index (χ0) is 11.7. The zero-order valence-corrected chi connectivity index (χ0v) is 8.63. The van der Waals surface area contributed by atoms with Crippen molar-refractivity contribution in [2.45, 2.75) is 19.4 Å². The van der Waals surface area contributed by atoms with Crippen LogP contribution >= 0.6 is 0 Å². The molecule has 0 bridgehead atoms. The van der Waals surface area contributed by atoms with Crippen LogP contribution in [0.25, 0.3) is 0 Å². The second-order valence-electron chi connectivity index (χ2n) is 2.97. The highest BCUT2D eigenvalue weighted by atomic mass is 16.4. The van der Waals surface area contributed by atoms with Gasteiger partial charge in [0.1, 0.15) is 6.10 Å². The van der Waals surface area contributed by atoms with Crippen molar-refractivity contribution in [2.75, 3.05) is 6.61 Å². The third kappa shape index (κ3) is 7.66. The zero-order valence-electron chi connectivity index (χ0n) is 8.63. The summed E-state index contributed by atoms with van der Waals surface area (Å²) in [6.45, 7) is 1.44. The molecule has 0 aromatic heterocycles. The SMILES string of the molecule is CC(O)C(=O)O.OCCc1ccccc1. The van der Waals surface area contributed by atoms with Gasteiger partial charge in [0.2, 0.25) is 0 Å². The van der Waals surface area contributed by atoms with Gasteiger partial charge in [-0.2, -0.15) is 0 Å². The van der Waals surface area contributed by atoms with Gasteiger partial charge in [0.15, 0.2) is 0 Å². The first-order chi connectivity index (χ1) is 7.07. The number of aliphatic hydroxyl groups is 2. The first kappa shape index (κ1) is 13.6. The van der Waals surface area contributed by atoms with E-state index in [1.165, 1.54) is 12.5 Å². The lowest BCUT2D eigenvalue weighted by Crippen LogP contribution is -2.13. The van der Waals surface area contributed by atoms with Gasteiger partial charge >= 0.3 is 5.97 Å². The highest BCUT2D eigenvalue weighted by molar-refractivity contribution is 5.71. The second kappa shape index (κ2) is 7.96. The lowest BCUT2D eigenvalue weighted by molar-refractivity contribution is -0.145. The van der Waals surface area contributed by atoms with E-state index < -0.39 is 12.1 Å². The van der Waals surface area contributed by atoms with Crippen LogP contribution in [-0.4, -0.2) is 34.0 Å². The maximum atomic E-state index is 9.45. The number of benzene rings is 1. The topological polar surface area (TPSA) is 77.8 Å². The van der Waals surface area contributed by atoms with Crippen LogP contribution in [0.15, 0.2) is 30.3 Å². The van der Waals surface area contributed by atoms with Gasteiger partial charge in [-0.25, -0.2) is 4.79 Å². The molecule has 1 unspecified atom stereocenters. The molecule has 1 rings (SSSR count). The molecule has 0 saturated carbocycles. The summed E-state index contributed by atoms with van der Waals surface area (Å²) in [4.78, 5) is 9.45. The predicted octanol–water partition coefficient (Wildman–Crippen LogP) is 0.673. The van der Waals surface area contributed by atoms with E-state index >= 15 is 0 Å². The number of aliphatic hydroxyl groups excluding tert-OH is 2. The van der Waals surface area contributed by atoms with Gasteiger partial charge in [0, 0.05) is 6.61 Å². The Morgan fingerprint density at radius 2 is 1.80 bits per heavy atom. The fourth-order valence-electron chi connectivity index (χ4n) is 0.774. The molecule has 0 fully saturated rings. The monoisotopic (exact) mass is 212 g/mol. The molecule has 0 saturated heterocycles. The van der Waals surface area contributed by atoms with Crippen molar-refractivity contribution < 1.29 is 20.1 Å². The van der Waals surface area contributed by atoms with Gasteiger partial charge in [-0.1, -0.05) is 30.3 Å². The summed E-state index contributed by atoms with van der Waals surface area (Å²) in [6, 6.07) is 9.95. The van der Waals surface area contributed by atoms with E-state index in [0.717, 1.165) is 6.42 Å². The van der Waals surface area contributed by atoms with Crippen molar-refractivity contribution in [3.05, 3.63) is 35.9 Å². The Hall–Kier alpha value is -1.39. The third-order valence-electron chi connectivity index (χ3n) is 1.60. The minimum absolute atomic E-state index is 0.240. The number of carboxylic acids is 1. The van der Waals surface area contributed by atoms with Crippen molar-refractivity contribution >= 4 is 5.97 Å². The molecule has 1 aromatic rings. The summed E-state index contributed by atoms with van der Waals surface area (Å²) in [7, 11) is 0. The molecule has 4 nitrogen and oxygen atoms in total. The number of carboxylic acid groups (broad SMARTS) is 1. The summed E-state index contributed by atoms with van der Waals surface area (Å²) in [5.41, 5.74) is 1.19. The fraction of sp³-hybridized carbons (Fsp3) is 0.364. The van der Waals surface area contributed by atoms with E-state index in [-0.39, 0.29) is 6.61 Å². The van der Waals surface area contributed by atoms with E-state index in [1.54, 1.807) is 0 Å². The molecule has 0 heterocycles. The van der Waals surface area contributed by atoms with Crippen LogP contribution in [0.4, 0.5) is 0 Å². The van der Waals surface area contributed by atoms with Crippen LogP contribution in [0.3, 0.4) is 0 Å². The van der Waals surface area contributed by atoms with Crippen LogP contribution in [-0.2, 0) is 11.2 Å². The van der Waals surface area contributed by atoms with Crippen molar-refractivity contribution in [1.82, 2.24) is 0 Å². The molecule has 0 aliphatic carbocycles. The van der Waals surface area contributed by atoms with Gasteiger partial charge < -0.3 is 15.3 Å². The maximum absolute atomic E-state index is 9.45. The molecule has 0 spiro atoms. The number of carbonyl (C=O) groups is 1. The molecule has 15 heavy (non-hydrogen) atoms. The van der Waals surface area contributed by atoms with Crippen LogP contribution < -0.4 is 0 Å². The Morgan fingerprint density at radius 1 is 1.33 bits per heavy atom. The van der Waals surface area contributed by atoms with E-state index in [2.05, 4.69) is 0 Å². The highest BCUT2D eigenvalue weighted by Gasteiger charge is 2.01. The Labute approximate surface area is 88.8 Å². The second-order valence-corrected chi connectivity index (χ2v) is 2.97. The normalized spacial score (nSPS) is 11.1. The molecule has 0 aliphatic rings. The van der Waals surface area contributed by atoms with Crippen molar-refractivity contribution in [3.63, 3.8) is 0 Å². The number of aliphatic carboxylic acids is 1. The first-order valence-electron chi connectivity index (χ1n) is 4.63. The molecule has 3 N–H and O–H groups in total. The van der Waals surface area contributed by atoms with Gasteiger partial charge in [-0.05, 0) is 18.9 Å². The minimum atomic E-state index is -1.23. The van der Waals surface area contributed by atoms with E-state index in [0.29, 0.717) is 0 Å². The lowest BCUT2D eigenvalue weighted by Gasteiger charge is -1.93. The van der Waals surface area contributed by atoms with Gasteiger partial charge in [-0.15, -0.1) is 0 Å². The van der Waals surface area contributed by atoms with Gasteiger partial charge in [-0.3, -0.25) is 0 Å². The quantitative estimate of drug-likeness (QED) is 0.688. The largest absolute Gasteiger partial charge is 0.479 e. The lowest BCUT2D eigenvalue weighted by atomic mass is 10.2. The molecular weight excluding hydrogens is 196 g/mol. The third-order valence-corrected chi connectivity index (χ3v) is 1.60. The average Bonchev–Trinajstić information content (AvgIpc) is 2.20. The Kier molecular flexibility index (Phi) is 7.23. The maximum Gasteiger partial charge on any atom is 0.332 e. The van der Waals surface area contributed by atoms with E-state index in [1.807, 2.05) is 30.3 Å². The molecular formula is C11H16O4. The molecule has 0 radical (unpaired) electrons. The molecule has 4 heteroatoms. The van der Waals surface area contributed by atoms with Crippen molar-refractivity contribution in [3.8, 4) is 0 Å². The summed E-state index contributed by atoms with van der Waals surface area (Å²) in [5.74, 6) is -1.19. The average molecular weight is 212 g/mol. The van der Waals surface area contributed by atoms with E-state index in [4.69, 9.17) is 15.3 Å². The molecule has 84 valence electrons. The fourth-order valence-corrected chi connectivity index (χ4v) is 0.774. The van der Waals surface area contributed by atoms with Crippen LogP contribution in [0, 0.1) is 0 Å². The van der Waals surface area contributed by atoms with Crippen molar-refractivity contribution in [1.29, 1.82) is 0 Å². The number of rotatable bonds is 3. The van der Waals surface area contributed by atoms with Crippen molar-refractivity contribution in [2.24, 2.45) is 0 Å². The minimum Gasteiger partial charge on any atom is -0.479 e. The molecule has 1 atom stereocenters. The van der Waals surface area contributed by atoms with Gasteiger partial charge in [0.25, 0.3) is 0 Å². The molecule has 1 aromatic carbocycles. The van der Waals surface area contributed by atoms with Crippen LogP contribution in [0.1, 0.15) is 12.5 Å². The summed E-state index contributed by atoms with van der Waals surface area (Å²) >= 11 is 0. The highest BCUT2D eigenvalue weighted by Crippen LogP contribution is 1.97. The molecule has 0 amide bonds. The van der Waals surface area contributed by atoms with Crippen LogP contribution in [0.2, 0.25) is 0 Å². The Morgan fingerprint density at radius 3 is 2.13 bits per heavy atom. The Balaban J connectivity index is 0.000000288. The predicted molar refractivity (Wildman–Crippen MR) is 56.5 cm³/mol. The van der Waals surface area contributed by atoms with E-state index in [9.17, 15) is 4.79 Å². The summed E-state index contributed by atoms with van der Waals surface area (Å²) in [5, 5.41) is 24.3.